The highest BCUT2D eigenvalue weighted by Crippen LogP contribution is 2.51. The molecule has 4 aromatic heterocycles. The first kappa shape index (κ1) is 31.1. The minimum absolute atomic E-state index is 0.636. The van der Waals surface area contributed by atoms with Crippen LogP contribution in [0.2, 0.25) is 0 Å². The normalized spacial score (nSPS) is 12.4. The van der Waals surface area contributed by atoms with Crippen LogP contribution in [-0.4, -0.2) is 23.7 Å². The fourth-order valence-corrected chi connectivity index (χ4v) is 10.4. The van der Waals surface area contributed by atoms with Crippen molar-refractivity contribution in [2.45, 2.75) is 0 Å². The summed E-state index contributed by atoms with van der Waals surface area (Å²) in [5, 5.41) is 10.4. The number of hydrogen-bond acceptors (Lipinski definition) is 2. The maximum Gasteiger partial charge on any atom is 0.237 e. The van der Waals surface area contributed by atoms with Crippen LogP contribution in [0.4, 0.5) is 0 Å². The van der Waals surface area contributed by atoms with E-state index in [2.05, 4.69) is 202 Å². The lowest BCUT2D eigenvalue weighted by atomic mass is 9.91. The van der Waals surface area contributed by atoms with Crippen LogP contribution in [0.1, 0.15) is 0 Å². The zero-order valence-electron chi connectivity index (χ0n) is 31.6. The van der Waals surface area contributed by atoms with Crippen molar-refractivity contribution in [2.24, 2.45) is 0 Å². The van der Waals surface area contributed by atoms with E-state index >= 15 is 0 Å². The van der Waals surface area contributed by atoms with Gasteiger partial charge in [0.15, 0.2) is 5.82 Å². The summed E-state index contributed by atoms with van der Waals surface area (Å²) >= 11 is 0. The van der Waals surface area contributed by atoms with Crippen LogP contribution in [0.15, 0.2) is 188 Å². The van der Waals surface area contributed by atoms with E-state index < -0.39 is 0 Å². The summed E-state index contributed by atoms with van der Waals surface area (Å²) < 4.78 is 7.17. The third kappa shape index (κ3) is 3.98. The molecule has 1 aliphatic heterocycles. The number of hydrogen-bond donors (Lipinski definition) is 0. The summed E-state index contributed by atoms with van der Waals surface area (Å²) in [6.07, 6.45) is 0. The molecule has 0 saturated carbocycles. The molecule has 0 saturated heterocycles. The van der Waals surface area contributed by atoms with Crippen LogP contribution in [0.5, 0.6) is 0 Å². The molecule has 5 heteroatoms. The Labute approximate surface area is 337 Å². The Morgan fingerprint density at radius 1 is 0.339 bits per heavy atom. The standard InChI is InChI=1S/C54H31N5/c1-2-16-33-32(15-1)29-30-41-51(33)55-54(56-53(41)58-45-26-12-6-19-36(45)37-20-7-13-27-46(37)58)59-47-28-14-9-23-40(47)49-48(59)31-42-38-21-8-11-25-44(38)57-43-24-10-5-18-35(43)34-17-3-4-22-39(34)50(49)52(42)57/h1-31H. The Kier molecular flexibility index (Phi) is 5.96. The SMILES string of the molecule is c1ccc2c(c1)-c1ccccc1-n1c3ccccc3c3cc4c(c-2c31)c1ccccc1n4-c1nc(-n2c3ccccc3c3ccccc32)c2ccc3ccccc3c2n1. The van der Waals surface area contributed by atoms with Gasteiger partial charge < -0.3 is 4.57 Å². The van der Waals surface area contributed by atoms with Gasteiger partial charge in [-0.2, -0.15) is 4.98 Å². The highest BCUT2D eigenvalue weighted by molar-refractivity contribution is 6.28. The van der Waals surface area contributed by atoms with E-state index in [4.69, 9.17) is 9.97 Å². The summed E-state index contributed by atoms with van der Waals surface area (Å²) in [5.41, 5.74) is 13.8. The minimum Gasteiger partial charge on any atom is -0.308 e. The average Bonchev–Trinajstić information content (AvgIpc) is 3.90. The van der Waals surface area contributed by atoms with Crippen LogP contribution < -0.4 is 0 Å². The molecule has 0 fully saturated rings. The fourth-order valence-electron chi connectivity index (χ4n) is 10.4. The van der Waals surface area contributed by atoms with Gasteiger partial charge in [0.1, 0.15) is 0 Å². The third-order valence-corrected chi connectivity index (χ3v) is 12.8. The average molecular weight is 750 g/mol. The molecule has 5 nitrogen and oxygen atoms in total. The monoisotopic (exact) mass is 749 g/mol. The van der Waals surface area contributed by atoms with Gasteiger partial charge in [-0.25, -0.2) is 4.98 Å². The Morgan fingerprint density at radius 2 is 0.881 bits per heavy atom. The van der Waals surface area contributed by atoms with E-state index in [1.165, 1.54) is 65.9 Å². The van der Waals surface area contributed by atoms with E-state index in [1.807, 2.05) is 0 Å². The molecular weight excluding hydrogens is 719 g/mol. The summed E-state index contributed by atoms with van der Waals surface area (Å²) in [4.78, 5) is 11.3. The van der Waals surface area contributed by atoms with Crippen molar-refractivity contribution in [3.8, 4) is 39.7 Å². The molecule has 0 radical (unpaired) electrons. The number of para-hydroxylation sites is 5. The molecule has 0 spiro atoms. The predicted molar refractivity (Wildman–Crippen MR) is 244 cm³/mol. The van der Waals surface area contributed by atoms with Gasteiger partial charge in [-0.1, -0.05) is 146 Å². The summed E-state index contributed by atoms with van der Waals surface area (Å²) in [6.45, 7) is 0. The Morgan fingerprint density at radius 3 is 1.61 bits per heavy atom. The molecule has 1 aliphatic rings. The third-order valence-electron chi connectivity index (χ3n) is 12.8. The maximum absolute atomic E-state index is 5.72. The topological polar surface area (TPSA) is 40.6 Å². The van der Waals surface area contributed by atoms with Crippen molar-refractivity contribution in [1.82, 2.24) is 23.7 Å². The Balaban J connectivity index is 1.21. The molecule has 272 valence electrons. The van der Waals surface area contributed by atoms with Gasteiger partial charge in [-0.3, -0.25) is 9.13 Å². The molecule has 0 unspecified atom stereocenters. The lowest BCUT2D eigenvalue weighted by molar-refractivity contribution is 0.974. The maximum atomic E-state index is 5.72. The quantitative estimate of drug-likeness (QED) is 0.165. The first-order chi connectivity index (χ1) is 29.3. The molecule has 0 amide bonds. The van der Waals surface area contributed by atoms with Gasteiger partial charge in [0.25, 0.3) is 0 Å². The Hall–Kier alpha value is -8.02. The van der Waals surface area contributed by atoms with Crippen LogP contribution in [0.3, 0.4) is 0 Å². The number of benzene rings is 9. The van der Waals surface area contributed by atoms with E-state index in [0.717, 1.165) is 54.9 Å². The van der Waals surface area contributed by atoms with Crippen LogP contribution in [0.25, 0.3) is 127 Å². The second-order valence-electron chi connectivity index (χ2n) is 15.7. The molecule has 0 aliphatic carbocycles. The highest BCUT2D eigenvalue weighted by atomic mass is 15.2. The number of fused-ring (bicyclic) bond motifs is 18. The molecule has 0 N–H and O–H groups in total. The molecule has 13 aromatic rings. The van der Waals surface area contributed by atoms with Gasteiger partial charge in [-0.15, -0.1) is 0 Å². The Bertz CT molecular complexity index is 3920. The largest absolute Gasteiger partial charge is 0.308 e. The van der Waals surface area contributed by atoms with Crippen molar-refractivity contribution in [3.05, 3.63) is 188 Å². The number of aromatic nitrogens is 5. The van der Waals surface area contributed by atoms with Gasteiger partial charge in [0.05, 0.1) is 44.3 Å². The lowest BCUT2D eigenvalue weighted by Gasteiger charge is -2.15. The van der Waals surface area contributed by atoms with Crippen molar-refractivity contribution >= 4 is 87.1 Å². The molecule has 0 bridgehead atoms. The van der Waals surface area contributed by atoms with E-state index in [1.54, 1.807) is 0 Å². The van der Waals surface area contributed by atoms with E-state index in [-0.39, 0.29) is 0 Å². The molecule has 0 atom stereocenters. The zero-order valence-corrected chi connectivity index (χ0v) is 31.6. The molecule has 5 heterocycles. The first-order valence-corrected chi connectivity index (χ1v) is 20.2. The van der Waals surface area contributed by atoms with Crippen molar-refractivity contribution in [1.29, 1.82) is 0 Å². The number of nitrogens with zero attached hydrogens (tertiary/aromatic N) is 5. The second kappa shape index (κ2) is 11.3. The highest BCUT2D eigenvalue weighted by Gasteiger charge is 2.29. The summed E-state index contributed by atoms with van der Waals surface area (Å²) in [7, 11) is 0. The first-order valence-electron chi connectivity index (χ1n) is 20.2. The van der Waals surface area contributed by atoms with E-state index in [0.29, 0.717) is 5.95 Å². The molecule has 9 aromatic carbocycles. The van der Waals surface area contributed by atoms with Crippen molar-refractivity contribution in [2.75, 3.05) is 0 Å². The molecule has 14 rings (SSSR count). The summed E-state index contributed by atoms with van der Waals surface area (Å²) in [5.74, 6) is 1.49. The summed E-state index contributed by atoms with van der Waals surface area (Å²) in [6, 6.07) is 68.1. The van der Waals surface area contributed by atoms with Crippen molar-refractivity contribution in [3.63, 3.8) is 0 Å². The van der Waals surface area contributed by atoms with E-state index in [9.17, 15) is 0 Å². The fraction of sp³-hybridized carbons (Fsp3) is 0. The number of rotatable bonds is 2. The molecule has 59 heavy (non-hydrogen) atoms. The zero-order chi connectivity index (χ0) is 38.3. The van der Waals surface area contributed by atoms with Crippen LogP contribution in [-0.2, 0) is 0 Å². The van der Waals surface area contributed by atoms with Gasteiger partial charge in [-0.05, 0) is 59.0 Å². The minimum atomic E-state index is 0.636. The van der Waals surface area contributed by atoms with Crippen LogP contribution in [0, 0.1) is 0 Å². The van der Waals surface area contributed by atoms with Gasteiger partial charge in [0.2, 0.25) is 5.95 Å². The van der Waals surface area contributed by atoms with Crippen molar-refractivity contribution < 1.29 is 0 Å². The predicted octanol–water partition coefficient (Wildman–Crippen LogP) is 13.7. The smallest absolute Gasteiger partial charge is 0.237 e. The van der Waals surface area contributed by atoms with Gasteiger partial charge >= 0.3 is 0 Å². The second-order valence-corrected chi connectivity index (χ2v) is 15.7. The lowest BCUT2D eigenvalue weighted by Crippen LogP contribution is -2.07. The molecular formula is C54H31N5. The van der Waals surface area contributed by atoms with Crippen LogP contribution >= 0.6 is 0 Å². The van der Waals surface area contributed by atoms with Gasteiger partial charge in [0, 0.05) is 54.2 Å².